The van der Waals surface area contributed by atoms with Crippen LogP contribution < -0.4 is 0 Å². The molecular weight excluding hydrogens is 306 g/mol. The fourth-order valence-corrected chi connectivity index (χ4v) is 6.52. The van der Waals surface area contributed by atoms with Gasteiger partial charge in [-0.15, -0.1) is 11.3 Å². The molecule has 1 aromatic heterocycles. The molecule has 2 aliphatic rings. The second kappa shape index (κ2) is 6.36. The highest BCUT2D eigenvalue weighted by molar-refractivity contribution is 7.89. The van der Waals surface area contributed by atoms with Gasteiger partial charge in [0.05, 0.1) is 11.8 Å². The number of hydrogen-bond donors (Lipinski definition) is 0. The lowest BCUT2D eigenvalue weighted by Crippen LogP contribution is -2.36. The lowest BCUT2D eigenvalue weighted by atomic mass is 10.0. The maximum atomic E-state index is 12.8. The van der Waals surface area contributed by atoms with Crippen molar-refractivity contribution in [2.45, 2.75) is 38.6 Å². The van der Waals surface area contributed by atoms with Crippen LogP contribution in [-0.2, 0) is 14.8 Å². The zero-order valence-electron chi connectivity index (χ0n) is 12.5. The summed E-state index contributed by atoms with van der Waals surface area (Å²) in [4.78, 5) is 2.44. The maximum absolute atomic E-state index is 12.8. The lowest BCUT2D eigenvalue weighted by molar-refractivity contribution is 0.0720. The summed E-state index contributed by atoms with van der Waals surface area (Å²) >= 11 is 1.72. The first-order valence-corrected chi connectivity index (χ1v) is 10.1. The van der Waals surface area contributed by atoms with E-state index in [0.29, 0.717) is 19.8 Å². The fourth-order valence-electron chi connectivity index (χ4n) is 3.30. The van der Waals surface area contributed by atoms with Gasteiger partial charge in [0.25, 0.3) is 0 Å². The molecular formula is C15H23NO3S2. The molecule has 2 aliphatic heterocycles. The molecule has 6 heteroatoms. The molecule has 3 rings (SSSR count). The predicted octanol–water partition coefficient (Wildman–Crippen LogP) is 2.95. The summed E-state index contributed by atoms with van der Waals surface area (Å²) in [5.41, 5.74) is 0. The molecule has 1 atom stereocenters. The molecule has 4 nitrogen and oxygen atoms in total. The zero-order valence-corrected chi connectivity index (χ0v) is 14.1. The van der Waals surface area contributed by atoms with Crippen LogP contribution >= 0.6 is 11.3 Å². The zero-order chi connectivity index (χ0) is 14.9. The van der Waals surface area contributed by atoms with E-state index in [4.69, 9.17) is 4.74 Å². The van der Waals surface area contributed by atoms with Crippen LogP contribution in [0.2, 0.25) is 0 Å². The van der Waals surface area contributed by atoms with Crippen molar-refractivity contribution in [1.82, 2.24) is 4.31 Å². The van der Waals surface area contributed by atoms with Gasteiger partial charge in [0, 0.05) is 29.5 Å². The van der Waals surface area contributed by atoms with Crippen molar-refractivity contribution in [1.29, 1.82) is 0 Å². The summed E-state index contributed by atoms with van der Waals surface area (Å²) in [6, 6.07) is 4.24. The van der Waals surface area contributed by atoms with Crippen molar-refractivity contribution in [2.75, 3.05) is 25.5 Å². The maximum Gasteiger partial charge on any atom is 0.214 e. The Hall–Kier alpha value is -0.430. The molecule has 0 amide bonds. The Balaban J connectivity index is 1.74. The molecule has 0 aromatic carbocycles. The number of rotatable bonds is 4. The van der Waals surface area contributed by atoms with Gasteiger partial charge in [-0.1, -0.05) is 0 Å². The Bertz CT molecular complexity index is 575. The van der Waals surface area contributed by atoms with Gasteiger partial charge < -0.3 is 4.74 Å². The molecule has 0 N–H and O–H groups in total. The molecule has 0 aliphatic carbocycles. The van der Waals surface area contributed by atoms with Gasteiger partial charge in [0.1, 0.15) is 0 Å². The fraction of sp³-hybridized carbons (Fsp3) is 0.733. The molecule has 0 bridgehead atoms. The Morgan fingerprint density at radius 3 is 2.71 bits per heavy atom. The van der Waals surface area contributed by atoms with Gasteiger partial charge >= 0.3 is 0 Å². The van der Waals surface area contributed by atoms with Gasteiger partial charge in [-0.05, 0) is 50.7 Å². The minimum absolute atomic E-state index is 0.0635. The standard InChI is InChI=1S/C15H23NO3S2/c1-12-4-5-15(20-12)14-3-2-8-16(14)21(17,18)11-13-6-9-19-10-7-13/h4-5,13-14H,2-3,6-11H2,1H3/t14-/m1/s1. The lowest BCUT2D eigenvalue weighted by Gasteiger charge is -2.27. The normalized spacial score (nSPS) is 25.5. The van der Waals surface area contributed by atoms with Crippen molar-refractivity contribution in [3.63, 3.8) is 0 Å². The van der Waals surface area contributed by atoms with Gasteiger partial charge in [0.2, 0.25) is 10.0 Å². The van der Waals surface area contributed by atoms with Crippen LogP contribution in [0.25, 0.3) is 0 Å². The van der Waals surface area contributed by atoms with E-state index < -0.39 is 10.0 Å². The monoisotopic (exact) mass is 329 g/mol. The minimum Gasteiger partial charge on any atom is -0.381 e. The highest BCUT2D eigenvalue weighted by Gasteiger charge is 2.37. The Morgan fingerprint density at radius 2 is 2.05 bits per heavy atom. The van der Waals surface area contributed by atoms with Gasteiger partial charge in [-0.3, -0.25) is 0 Å². The molecule has 3 heterocycles. The second-order valence-corrected chi connectivity index (χ2v) is 9.34. The molecule has 2 fully saturated rings. The van der Waals surface area contributed by atoms with Crippen molar-refractivity contribution in [3.05, 3.63) is 21.9 Å². The molecule has 0 spiro atoms. The van der Waals surface area contributed by atoms with Crippen molar-refractivity contribution in [2.24, 2.45) is 5.92 Å². The SMILES string of the molecule is Cc1ccc([C@H]2CCCN2S(=O)(=O)CC2CCOCC2)s1. The average molecular weight is 329 g/mol. The summed E-state index contributed by atoms with van der Waals surface area (Å²) in [5.74, 6) is 0.548. The van der Waals surface area contributed by atoms with E-state index >= 15 is 0 Å². The third-order valence-corrected chi connectivity index (χ3v) is 7.58. The van der Waals surface area contributed by atoms with E-state index in [9.17, 15) is 8.42 Å². The minimum atomic E-state index is -3.16. The van der Waals surface area contributed by atoms with Crippen LogP contribution in [0.1, 0.15) is 41.5 Å². The highest BCUT2D eigenvalue weighted by Crippen LogP contribution is 2.38. The smallest absolute Gasteiger partial charge is 0.214 e. The number of sulfonamides is 1. The molecule has 0 saturated carbocycles. The molecule has 1 aromatic rings. The van der Waals surface area contributed by atoms with E-state index in [0.717, 1.165) is 25.7 Å². The van der Waals surface area contributed by atoms with Crippen LogP contribution in [0.4, 0.5) is 0 Å². The first kappa shape index (κ1) is 15.5. The molecule has 0 unspecified atom stereocenters. The van der Waals surface area contributed by atoms with E-state index in [1.807, 2.05) is 0 Å². The van der Waals surface area contributed by atoms with Gasteiger partial charge in [-0.2, -0.15) is 4.31 Å². The number of nitrogens with zero attached hydrogens (tertiary/aromatic N) is 1. The van der Waals surface area contributed by atoms with E-state index in [2.05, 4.69) is 19.1 Å². The third kappa shape index (κ3) is 3.50. The van der Waals surface area contributed by atoms with Crippen LogP contribution in [-0.4, -0.2) is 38.2 Å². The molecule has 21 heavy (non-hydrogen) atoms. The van der Waals surface area contributed by atoms with Crippen molar-refractivity contribution in [3.8, 4) is 0 Å². The summed E-state index contributed by atoms with van der Waals surface area (Å²) < 4.78 is 32.6. The van der Waals surface area contributed by atoms with Crippen molar-refractivity contribution >= 4 is 21.4 Å². The summed E-state index contributed by atoms with van der Waals surface area (Å²) in [7, 11) is -3.16. The van der Waals surface area contributed by atoms with Crippen LogP contribution in [0.15, 0.2) is 12.1 Å². The molecule has 2 saturated heterocycles. The Labute approximate surface area is 131 Å². The number of ether oxygens (including phenoxy) is 1. The van der Waals surface area contributed by atoms with Gasteiger partial charge in [-0.25, -0.2) is 8.42 Å². The summed E-state index contributed by atoms with van der Waals surface area (Å²) in [6.07, 6.45) is 3.66. The summed E-state index contributed by atoms with van der Waals surface area (Å²) in [5, 5.41) is 0. The van der Waals surface area contributed by atoms with Crippen LogP contribution in [0, 0.1) is 12.8 Å². The van der Waals surface area contributed by atoms with Crippen LogP contribution in [0.3, 0.4) is 0 Å². The first-order valence-electron chi connectivity index (χ1n) is 7.70. The second-order valence-electron chi connectivity index (χ2n) is 6.05. The largest absolute Gasteiger partial charge is 0.381 e. The van der Waals surface area contributed by atoms with E-state index in [1.165, 1.54) is 9.75 Å². The number of aryl methyl sites for hydroxylation is 1. The number of hydrogen-bond acceptors (Lipinski definition) is 4. The predicted molar refractivity (Wildman–Crippen MR) is 85.1 cm³/mol. The van der Waals surface area contributed by atoms with E-state index in [-0.39, 0.29) is 17.7 Å². The number of thiophene rings is 1. The molecule has 0 radical (unpaired) electrons. The average Bonchev–Trinajstić information content (AvgIpc) is 3.07. The first-order chi connectivity index (χ1) is 10.1. The summed E-state index contributed by atoms with van der Waals surface area (Å²) in [6.45, 7) is 4.15. The Kier molecular flexibility index (Phi) is 4.69. The van der Waals surface area contributed by atoms with Crippen molar-refractivity contribution < 1.29 is 13.2 Å². The quantitative estimate of drug-likeness (QED) is 0.853. The third-order valence-electron chi connectivity index (χ3n) is 4.44. The van der Waals surface area contributed by atoms with Gasteiger partial charge in [0.15, 0.2) is 0 Å². The highest BCUT2D eigenvalue weighted by atomic mass is 32.2. The Morgan fingerprint density at radius 1 is 1.29 bits per heavy atom. The molecule has 118 valence electrons. The van der Waals surface area contributed by atoms with Crippen LogP contribution in [0.5, 0.6) is 0 Å². The van der Waals surface area contributed by atoms with E-state index in [1.54, 1.807) is 15.6 Å². The topological polar surface area (TPSA) is 46.6 Å².